The van der Waals surface area contributed by atoms with E-state index < -0.39 is 17.9 Å². The van der Waals surface area contributed by atoms with Gasteiger partial charge in [-0.15, -0.1) is 11.8 Å². The van der Waals surface area contributed by atoms with Crippen molar-refractivity contribution in [2.24, 2.45) is 5.73 Å². The van der Waals surface area contributed by atoms with Gasteiger partial charge >= 0.3 is 0 Å². The Morgan fingerprint density at radius 2 is 1.83 bits per heavy atom. The zero-order valence-corrected chi connectivity index (χ0v) is 17.2. The monoisotopic (exact) mass is 412 g/mol. The zero-order valence-electron chi connectivity index (χ0n) is 16.4. The molecule has 1 unspecified atom stereocenters. The largest absolute Gasteiger partial charge is 0.368 e. The predicted octanol–water partition coefficient (Wildman–Crippen LogP) is 2.01. The number of carbonyl (C=O) groups is 3. The molecular weight excluding hydrogens is 388 g/mol. The normalized spacial score (nSPS) is 12.1. The van der Waals surface area contributed by atoms with Crippen LogP contribution in [0.15, 0.2) is 47.4 Å². The number of aromatic nitrogens is 1. The van der Waals surface area contributed by atoms with Crippen LogP contribution in [0.1, 0.15) is 13.8 Å². The van der Waals surface area contributed by atoms with Gasteiger partial charge in [-0.25, -0.2) is 0 Å². The number of benzene rings is 2. The first-order chi connectivity index (χ1) is 13.9. The molecule has 3 aromatic rings. The molecule has 2 aromatic carbocycles. The summed E-state index contributed by atoms with van der Waals surface area (Å²) < 4.78 is 2.27. The number of nitrogens with two attached hydrogens (primary N) is 1. The number of thioether (sulfide) groups is 1. The molecule has 29 heavy (non-hydrogen) atoms. The third kappa shape index (κ3) is 4.71. The molecule has 3 rings (SSSR count). The molecule has 7 nitrogen and oxygen atoms in total. The van der Waals surface area contributed by atoms with Crippen molar-refractivity contribution >= 4 is 51.3 Å². The number of hydrogen-bond donors (Lipinski definition) is 3. The van der Waals surface area contributed by atoms with Crippen molar-refractivity contribution in [1.29, 1.82) is 0 Å². The third-order valence-electron chi connectivity index (χ3n) is 4.61. The standard InChI is InChI=1S/C21H24N4O3S/c1-3-25-18-7-5-4-6-15(18)16-10-14(8-9-19(16)25)29-12-17(24-13(2)26)21(28)23-11-20(22)27/h4-10,17H,3,11-12H2,1-2H3,(H2,22,27)(H,23,28)(H,24,26). The topological polar surface area (TPSA) is 106 Å². The van der Waals surface area contributed by atoms with E-state index in [1.54, 1.807) is 0 Å². The molecule has 1 aromatic heterocycles. The van der Waals surface area contributed by atoms with Gasteiger partial charge in [0, 0.05) is 45.9 Å². The van der Waals surface area contributed by atoms with E-state index >= 15 is 0 Å². The Kier molecular flexibility index (Phi) is 6.43. The van der Waals surface area contributed by atoms with Gasteiger partial charge in [-0.2, -0.15) is 0 Å². The number of rotatable bonds is 8. The van der Waals surface area contributed by atoms with Crippen LogP contribution in [-0.4, -0.2) is 40.6 Å². The van der Waals surface area contributed by atoms with Gasteiger partial charge in [0.2, 0.25) is 17.7 Å². The fourth-order valence-electron chi connectivity index (χ4n) is 3.37. The van der Waals surface area contributed by atoms with Crippen LogP contribution in [0, 0.1) is 0 Å². The molecule has 1 heterocycles. The summed E-state index contributed by atoms with van der Waals surface area (Å²) >= 11 is 1.47. The first-order valence-corrected chi connectivity index (χ1v) is 10.4. The summed E-state index contributed by atoms with van der Waals surface area (Å²) in [6.45, 7) is 4.09. The highest BCUT2D eigenvalue weighted by Gasteiger charge is 2.20. The molecule has 0 bridgehead atoms. The number of nitrogens with one attached hydrogen (secondary N) is 2. The van der Waals surface area contributed by atoms with Gasteiger partial charge in [0.05, 0.1) is 6.54 Å². The molecule has 0 aliphatic heterocycles. The van der Waals surface area contributed by atoms with Crippen LogP contribution in [0.3, 0.4) is 0 Å². The number of primary amides is 1. The highest BCUT2D eigenvalue weighted by molar-refractivity contribution is 7.99. The second kappa shape index (κ2) is 9.00. The molecule has 0 aliphatic rings. The van der Waals surface area contributed by atoms with E-state index in [0.29, 0.717) is 5.75 Å². The average Bonchev–Trinajstić information content (AvgIpc) is 3.02. The minimum absolute atomic E-state index is 0.262. The quantitative estimate of drug-likeness (QED) is 0.492. The molecule has 1 atom stereocenters. The number of hydrogen-bond acceptors (Lipinski definition) is 4. The average molecular weight is 413 g/mol. The van der Waals surface area contributed by atoms with Crippen LogP contribution in [0.2, 0.25) is 0 Å². The lowest BCUT2D eigenvalue weighted by molar-refractivity contribution is -0.128. The van der Waals surface area contributed by atoms with Gasteiger partial charge in [-0.3, -0.25) is 14.4 Å². The minimum atomic E-state index is -0.760. The van der Waals surface area contributed by atoms with Crippen molar-refractivity contribution in [3.05, 3.63) is 42.5 Å². The van der Waals surface area contributed by atoms with E-state index in [1.807, 2.05) is 18.2 Å². The van der Waals surface area contributed by atoms with Gasteiger partial charge in [0.15, 0.2) is 0 Å². The van der Waals surface area contributed by atoms with Crippen molar-refractivity contribution in [3.8, 4) is 0 Å². The maximum absolute atomic E-state index is 12.3. The van der Waals surface area contributed by atoms with Crippen LogP contribution in [-0.2, 0) is 20.9 Å². The lowest BCUT2D eigenvalue weighted by Gasteiger charge is -2.17. The molecule has 3 amide bonds. The molecular formula is C21H24N4O3S. The van der Waals surface area contributed by atoms with Crippen LogP contribution < -0.4 is 16.4 Å². The molecule has 0 saturated carbocycles. The Morgan fingerprint density at radius 1 is 1.10 bits per heavy atom. The summed E-state index contributed by atoms with van der Waals surface area (Å²) in [5, 5.41) is 7.41. The smallest absolute Gasteiger partial charge is 0.243 e. The van der Waals surface area contributed by atoms with E-state index in [4.69, 9.17) is 5.73 Å². The van der Waals surface area contributed by atoms with E-state index in [2.05, 4.69) is 46.4 Å². The first kappa shape index (κ1) is 20.7. The maximum Gasteiger partial charge on any atom is 0.243 e. The van der Waals surface area contributed by atoms with E-state index in [1.165, 1.54) is 29.6 Å². The lowest BCUT2D eigenvalue weighted by Crippen LogP contribution is -2.49. The Labute approximate surface area is 173 Å². The first-order valence-electron chi connectivity index (χ1n) is 9.37. The Bertz CT molecular complexity index is 1080. The molecule has 0 saturated heterocycles. The van der Waals surface area contributed by atoms with E-state index in [0.717, 1.165) is 22.3 Å². The fourth-order valence-corrected chi connectivity index (χ4v) is 4.33. The minimum Gasteiger partial charge on any atom is -0.368 e. The molecule has 0 spiro atoms. The number of carbonyl (C=O) groups excluding carboxylic acids is 3. The number of fused-ring (bicyclic) bond motifs is 3. The van der Waals surface area contributed by atoms with Crippen molar-refractivity contribution in [1.82, 2.24) is 15.2 Å². The number of amides is 3. The summed E-state index contributed by atoms with van der Waals surface area (Å²) in [5.41, 5.74) is 7.42. The predicted molar refractivity (Wildman–Crippen MR) is 116 cm³/mol. The van der Waals surface area contributed by atoms with Gasteiger partial charge in [-0.05, 0) is 31.2 Å². The maximum atomic E-state index is 12.3. The lowest BCUT2D eigenvalue weighted by atomic mass is 10.1. The van der Waals surface area contributed by atoms with Crippen LogP contribution >= 0.6 is 11.8 Å². The van der Waals surface area contributed by atoms with E-state index in [-0.39, 0.29) is 12.5 Å². The van der Waals surface area contributed by atoms with E-state index in [9.17, 15) is 14.4 Å². The van der Waals surface area contributed by atoms with Gasteiger partial charge in [0.25, 0.3) is 0 Å². The molecule has 8 heteroatoms. The zero-order chi connectivity index (χ0) is 21.0. The number of para-hydroxylation sites is 1. The third-order valence-corrected chi connectivity index (χ3v) is 5.69. The molecule has 152 valence electrons. The molecule has 4 N–H and O–H groups in total. The van der Waals surface area contributed by atoms with Crippen molar-refractivity contribution in [2.45, 2.75) is 31.3 Å². The fraction of sp³-hybridized carbons (Fsp3) is 0.286. The molecule has 0 radical (unpaired) electrons. The molecule has 0 fully saturated rings. The second-order valence-corrected chi connectivity index (χ2v) is 7.78. The Hall–Kier alpha value is -3.00. The summed E-state index contributed by atoms with van der Waals surface area (Å²) in [4.78, 5) is 35.6. The van der Waals surface area contributed by atoms with Crippen LogP contribution in [0.4, 0.5) is 0 Å². The van der Waals surface area contributed by atoms with Crippen molar-refractivity contribution in [3.63, 3.8) is 0 Å². The summed E-state index contributed by atoms with van der Waals surface area (Å²) in [6, 6.07) is 13.7. The summed E-state index contributed by atoms with van der Waals surface area (Å²) in [5.74, 6) is -1.05. The molecule has 0 aliphatic carbocycles. The Balaban J connectivity index is 1.82. The van der Waals surface area contributed by atoms with Gasteiger partial charge < -0.3 is 20.9 Å². The SMILES string of the molecule is CCn1c2ccccc2c2cc(SCC(NC(C)=O)C(=O)NCC(N)=O)ccc21. The second-order valence-electron chi connectivity index (χ2n) is 6.69. The van der Waals surface area contributed by atoms with Crippen molar-refractivity contribution < 1.29 is 14.4 Å². The summed E-state index contributed by atoms with van der Waals surface area (Å²) in [7, 11) is 0. The van der Waals surface area contributed by atoms with Crippen LogP contribution in [0.25, 0.3) is 21.8 Å². The number of nitrogens with zero attached hydrogens (tertiary/aromatic N) is 1. The highest BCUT2D eigenvalue weighted by Crippen LogP contribution is 2.32. The van der Waals surface area contributed by atoms with Gasteiger partial charge in [-0.1, -0.05) is 18.2 Å². The Morgan fingerprint density at radius 3 is 2.52 bits per heavy atom. The van der Waals surface area contributed by atoms with Gasteiger partial charge in [0.1, 0.15) is 6.04 Å². The van der Waals surface area contributed by atoms with Crippen LogP contribution in [0.5, 0.6) is 0 Å². The highest BCUT2D eigenvalue weighted by atomic mass is 32.2. The number of aryl methyl sites for hydroxylation is 1. The van der Waals surface area contributed by atoms with Crippen molar-refractivity contribution in [2.75, 3.05) is 12.3 Å². The summed E-state index contributed by atoms with van der Waals surface area (Å²) in [6.07, 6.45) is 0.